The lowest BCUT2D eigenvalue weighted by Gasteiger charge is -2.20. The number of carbonyl (C=O) groups is 2. The van der Waals surface area contributed by atoms with Gasteiger partial charge in [0.2, 0.25) is 5.78 Å². The lowest BCUT2D eigenvalue weighted by Crippen LogP contribution is -3.14. The van der Waals surface area contributed by atoms with E-state index >= 15 is 0 Å². The molecule has 6 heteroatoms. The summed E-state index contributed by atoms with van der Waals surface area (Å²) >= 11 is 6.08. The Hall–Kier alpha value is -2.63. The molecule has 0 saturated heterocycles. The minimum absolute atomic E-state index is 0.0213. The smallest absolute Gasteiger partial charge is 0.279 e. The molecule has 3 aromatic rings. The molecule has 140 valence electrons. The van der Waals surface area contributed by atoms with Crippen molar-refractivity contribution in [1.29, 1.82) is 0 Å². The van der Waals surface area contributed by atoms with Crippen molar-refractivity contribution in [3.63, 3.8) is 0 Å². The number of ketones is 1. The summed E-state index contributed by atoms with van der Waals surface area (Å²) in [6.07, 6.45) is 0. The number of rotatable bonds is 6. The van der Waals surface area contributed by atoms with Crippen molar-refractivity contribution in [1.82, 2.24) is 4.98 Å². The van der Waals surface area contributed by atoms with Crippen LogP contribution in [0.4, 0.5) is 5.69 Å². The molecule has 1 aromatic heterocycles. The second-order valence-corrected chi connectivity index (χ2v) is 7.21. The summed E-state index contributed by atoms with van der Waals surface area (Å²) in [6.45, 7) is 3.92. The van der Waals surface area contributed by atoms with E-state index in [-0.39, 0.29) is 24.3 Å². The van der Waals surface area contributed by atoms with E-state index in [0.29, 0.717) is 16.3 Å². The highest BCUT2D eigenvalue weighted by Crippen LogP contribution is 2.23. The van der Waals surface area contributed by atoms with Gasteiger partial charge >= 0.3 is 0 Å². The molecule has 0 aliphatic heterocycles. The fourth-order valence-electron chi connectivity index (χ4n) is 3.20. The number of hydrogen-bond acceptors (Lipinski definition) is 2. The van der Waals surface area contributed by atoms with Crippen LogP contribution in [0.5, 0.6) is 0 Å². The van der Waals surface area contributed by atoms with Gasteiger partial charge in [0.15, 0.2) is 6.54 Å². The number of aryl methyl sites for hydroxylation is 1. The zero-order valence-corrected chi connectivity index (χ0v) is 16.4. The third-order valence-electron chi connectivity index (χ3n) is 4.86. The number of aromatic amines is 1. The van der Waals surface area contributed by atoms with E-state index in [4.69, 9.17) is 11.6 Å². The van der Waals surface area contributed by atoms with Gasteiger partial charge in [-0.2, -0.15) is 0 Å². The summed E-state index contributed by atoms with van der Waals surface area (Å²) < 4.78 is 0. The molecule has 1 heterocycles. The van der Waals surface area contributed by atoms with E-state index in [9.17, 15) is 9.59 Å². The van der Waals surface area contributed by atoms with Gasteiger partial charge in [-0.15, -0.1) is 0 Å². The van der Waals surface area contributed by atoms with Crippen LogP contribution in [-0.4, -0.2) is 36.3 Å². The van der Waals surface area contributed by atoms with Gasteiger partial charge in [0.05, 0.1) is 23.3 Å². The zero-order chi connectivity index (χ0) is 19.6. The highest BCUT2D eigenvalue weighted by atomic mass is 35.5. The molecule has 2 atom stereocenters. The Balaban J connectivity index is 1.72. The number of anilines is 1. The van der Waals surface area contributed by atoms with E-state index < -0.39 is 0 Å². The number of Topliss-reactive ketones (excluding diaryl/α,β-unsaturated/α-hetero) is 1. The first-order valence-corrected chi connectivity index (χ1v) is 9.24. The average Bonchev–Trinajstić information content (AvgIpc) is 2.98. The molecule has 0 aliphatic rings. The molecule has 2 aromatic carbocycles. The number of aromatic nitrogens is 1. The molecular formula is C21H23ClN3O2+. The Labute approximate surface area is 163 Å². The van der Waals surface area contributed by atoms with E-state index in [2.05, 4.69) is 10.3 Å². The van der Waals surface area contributed by atoms with Crippen LogP contribution in [0.15, 0.2) is 48.5 Å². The summed E-state index contributed by atoms with van der Waals surface area (Å²) in [4.78, 5) is 29.5. The first-order valence-electron chi connectivity index (χ1n) is 8.86. The quantitative estimate of drug-likeness (QED) is 0.572. The van der Waals surface area contributed by atoms with Crippen molar-refractivity contribution >= 4 is 39.9 Å². The standard InChI is InChI=1S/C21H22ClN3O2/c1-13-20(15-8-4-6-10-17(15)23-13)21(27)14(2)25(3)12-19(26)24-18-11-7-5-9-16(18)22/h4-11,14,23H,12H2,1-3H3,(H,24,26)/p+1/t14-/m0/s1. The number of carbonyl (C=O) groups excluding carboxylic acids is 2. The van der Waals surface area contributed by atoms with Gasteiger partial charge in [-0.3, -0.25) is 9.59 Å². The minimum Gasteiger partial charge on any atom is -0.358 e. The van der Waals surface area contributed by atoms with Crippen molar-refractivity contribution in [3.8, 4) is 0 Å². The maximum absolute atomic E-state index is 13.1. The van der Waals surface area contributed by atoms with Crippen LogP contribution in [0.2, 0.25) is 5.02 Å². The Kier molecular flexibility index (Phi) is 5.63. The van der Waals surface area contributed by atoms with Crippen LogP contribution < -0.4 is 10.2 Å². The van der Waals surface area contributed by atoms with Gasteiger partial charge in [-0.1, -0.05) is 41.9 Å². The number of nitrogens with one attached hydrogen (secondary N) is 3. The number of halogens is 1. The van der Waals surface area contributed by atoms with Gasteiger partial charge in [-0.25, -0.2) is 0 Å². The summed E-state index contributed by atoms with van der Waals surface area (Å²) in [6, 6.07) is 14.5. The Morgan fingerprint density at radius 1 is 1.15 bits per heavy atom. The van der Waals surface area contributed by atoms with Crippen LogP contribution in [-0.2, 0) is 4.79 Å². The van der Waals surface area contributed by atoms with Crippen LogP contribution >= 0.6 is 11.6 Å². The number of likely N-dealkylation sites (N-methyl/N-ethyl adjacent to an activating group) is 1. The lowest BCUT2D eigenvalue weighted by atomic mass is 10.0. The number of hydrogen-bond donors (Lipinski definition) is 3. The Bertz CT molecular complexity index is 996. The van der Waals surface area contributed by atoms with E-state index in [1.807, 2.05) is 51.2 Å². The highest BCUT2D eigenvalue weighted by Gasteiger charge is 2.28. The molecular weight excluding hydrogens is 362 g/mol. The second kappa shape index (κ2) is 7.94. The molecule has 3 N–H and O–H groups in total. The fourth-order valence-corrected chi connectivity index (χ4v) is 3.38. The predicted octanol–water partition coefficient (Wildman–Crippen LogP) is 2.85. The minimum atomic E-state index is -0.361. The number of amides is 1. The lowest BCUT2D eigenvalue weighted by molar-refractivity contribution is -0.885. The van der Waals surface area contributed by atoms with Crippen molar-refractivity contribution in [2.45, 2.75) is 19.9 Å². The molecule has 1 unspecified atom stereocenters. The molecule has 3 rings (SSSR count). The molecule has 5 nitrogen and oxygen atoms in total. The average molecular weight is 385 g/mol. The van der Waals surface area contributed by atoms with Crippen molar-refractivity contribution in [3.05, 3.63) is 64.8 Å². The normalized spacial score (nSPS) is 13.3. The predicted molar refractivity (Wildman–Crippen MR) is 109 cm³/mol. The van der Waals surface area contributed by atoms with Crippen LogP contribution in [0.1, 0.15) is 23.0 Å². The van der Waals surface area contributed by atoms with Crippen molar-refractivity contribution < 1.29 is 14.5 Å². The number of para-hydroxylation sites is 2. The Morgan fingerprint density at radius 2 is 1.81 bits per heavy atom. The SMILES string of the molecule is Cc1[nH]c2ccccc2c1C(=O)[C@H](C)[NH+](C)CC(=O)Nc1ccccc1Cl. The maximum Gasteiger partial charge on any atom is 0.279 e. The first kappa shape index (κ1) is 19.1. The molecule has 0 aliphatic carbocycles. The molecule has 0 bridgehead atoms. The number of H-pyrrole nitrogens is 1. The van der Waals surface area contributed by atoms with Gasteiger partial charge < -0.3 is 15.2 Å². The molecule has 0 spiro atoms. The summed E-state index contributed by atoms with van der Waals surface area (Å²) in [5.41, 5.74) is 3.06. The third kappa shape index (κ3) is 4.04. The van der Waals surface area contributed by atoms with E-state index in [1.165, 1.54) is 0 Å². The first-order chi connectivity index (χ1) is 12.9. The van der Waals surface area contributed by atoms with Gasteiger partial charge in [0.1, 0.15) is 6.04 Å². The zero-order valence-electron chi connectivity index (χ0n) is 15.6. The molecule has 27 heavy (non-hydrogen) atoms. The highest BCUT2D eigenvalue weighted by molar-refractivity contribution is 6.33. The van der Waals surface area contributed by atoms with Crippen molar-refractivity contribution in [2.24, 2.45) is 0 Å². The second-order valence-electron chi connectivity index (χ2n) is 6.81. The van der Waals surface area contributed by atoms with E-state index in [1.54, 1.807) is 18.2 Å². The summed E-state index contributed by atoms with van der Waals surface area (Å²) in [7, 11) is 1.85. The van der Waals surface area contributed by atoms with E-state index in [0.717, 1.165) is 21.5 Å². The largest absolute Gasteiger partial charge is 0.358 e. The maximum atomic E-state index is 13.1. The molecule has 1 amide bonds. The van der Waals surface area contributed by atoms with Crippen LogP contribution in [0, 0.1) is 6.92 Å². The number of fused-ring (bicyclic) bond motifs is 1. The number of benzene rings is 2. The number of quaternary nitrogens is 1. The van der Waals surface area contributed by atoms with Crippen LogP contribution in [0.3, 0.4) is 0 Å². The monoisotopic (exact) mass is 384 g/mol. The van der Waals surface area contributed by atoms with Gasteiger partial charge in [0, 0.05) is 16.6 Å². The Morgan fingerprint density at radius 3 is 2.56 bits per heavy atom. The summed E-state index contributed by atoms with van der Waals surface area (Å²) in [5, 5.41) is 4.21. The molecule has 0 fully saturated rings. The summed E-state index contributed by atoms with van der Waals surface area (Å²) in [5.74, 6) is -0.163. The molecule has 0 radical (unpaired) electrons. The van der Waals surface area contributed by atoms with Crippen LogP contribution in [0.25, 0.3) is 10.9 Å². The van der Waals surface area contributed by atoms with Gasteiger partial charge in [0.25, 0.3) is 5.91 Å². The fraction of sp³-hybridized carbons (Fsp3) is 0.238. The van der Waals surface area contributed by atoms with Crippen molar-refractivity contribution in [2.75, 3.05) is 18.9 Å². The molecule has 0 saturated carbocycles. The topological polar surface area (TPSA) is 66.4 Å². The van der Waals surface area contributed by atoms with Gasteiger partial charge in [-0.05, 0) is 32.0 Å². The third-order valence-corrected chi connectivity index (χ3v) is 5.19.